The lowest BCUT2D eigenvalue weighted by Crippen LogP contribution is -2.19. The largest absolute Gasteiger partial charge is 0.378 e. The Balaban J connectivity index is 2.45. The fraction of sp³-hybridized carbons (Fsp3) is 1.00. The third kappa shape index (κ3) is 2.70. The Morgan fingerprint density at radius 2 is 1.77 bits per heavy atom. The Morgan fingerprint density at radius 3 is 2.31 bits per heavy atom. The highest BCUT2D eigenvalue weighted by Gasteiger charge is 2.34. The van der Waals surface area contributed by atoms with E-state index in [1.165, 1.54) is 32.1 Å². The third-order valence-corrected chi connectivity index (χ3v) is 3.29. The second-order valence-electron chi connectivity index (χ2n) is 4.28. The molecule has 1 heteroatoms. The van der Waals surface area contributed by atoms with Crippen molar-refractivity contribution in [3.63, 3.8) is 0 Å². The smallest absolute Gasteiger partial charge is 0.0604 e. The van der Waals surface area contributed by atoms with E-state index in [0.717, 1.165) is 18.4 Å². The maximum absolute atomic E-state index is 5.83. The van der Waals surface area contributed by atoms with Crippen LogP contribution in [0, 0.1) is 11.8 Å². The van der Waals surface area contributed by atoms with Crippen LogP contribution >= 0.6 is 0 Å². The molecule has 1 nitrogen and oxygen atoms in total. The van der Waals surface area contributed by atoms with E-state index in [0.29, 0.717) is 6.10 Å². The molecule has 0 aromatic carbocycles. The first-order chi connectivity index (χ1) is 6.33. The Bertz CT molecular complexity index is 133. The van der Waals surface area contributed by atoms with Gasteiger partial charge in [0, 0.05) is 0 Å². The molecule has 1 saturated heterocycles. The summed E-state index contributed by atoms with van der Waals surface area (Å²) in [5.41, 5.74) is 0. The monoisotopic (exact) mass is 184 g/mol. The molecule has 1 aliphatic heterocycles. The van der Waals surface area contributed by atoms with Crippen molar-refractivity contribution in [3.05, 3.63) is 0 Å². The number of rotatable bonds is 5. The lowest BCUT2D eigenvalue weighted by atomic mass is 9.83. The van der Waals surface area contributed by atoms with Gasteiger partial charge in [-0.05, 0) is 31.1 Å². The van der Waals surface area contributed by atoms with Crippen LogP contribution in [0.5, 0.6) is 0 Å². The first kappa shape index (κ1) is 11.0. The van der Waals surface area contributed by atoms with E-state index in [-0.39, 0.29) is 0 Å². The van der Waals surface area contributed by atoms with E-state index in [4.69, 9.17) is 4.74 Å². The van der Waals surface area contributed by atoms with Crippen LogP contribution in [-0.2, 0) is 4.74 Å². The van der Waals surface area contributed by atoms with Gasteiger partial charge in [0.25, 0.3) is 0 Å². The highest BCUT2D eigenvalue weighted by atomic mass is 16.5. The molecule has 0 N–H and O–H groups in total. The molecule has 1 heterocycles. The fourth-order valence-corrected chi connectivity index (χ4v) is 2.64. The van der Waals surface area contributed by atoms with Crippen LogP contribution in [0.2, 0.25) is 0 Å². The predicted octanol–water partition coefficient (Wildman–Crippen LogP) is 3.63. The predicted molar refractivity (Wildman–Crippen MR) is 56.8 cm³/mol. The molecule has 78 valence electrons. The average Bonchev–Trinajstić information content (AvgIpc) is 2.50. The average molecular weight is 184 g/mol. The van der Waals surface area contributed by atoms with E-state index < -0.39 is 0 Å². The highest BCUT2D eigenvalue weighted by molar-refractivity contribution is 4.82. The molecular weight excluding hydrogens is 160 g/mol. The summed E-state index contributed by atoms with van der Waals surface area (Å²) < 4.78 is 5.83. The van der Waals surface area contributed by atoms with Gasteiger partial charge in [0.15, 0.2) is 0 Å². The van der Waals surface area contributed by atoms with Crippen LogP contribution in [-0.4, -0.2) is 12.7 Å². The van der Waals surface area contributed by atoms with Crippen LogP contribution < -0.4 is 0 Å². The molecule has 0 spiro atoms. The molecular formula is C12H24O. The van der Waals surface area contributed by atoms with Crippen molar-refractivity contribution in [3.8, 4) is 0 Å². The second-order valence-corrected chi connectivity index (χ2v) is 4.28. The van der Waals surface area contributed by atoms with Crippen LogP contribution in [0.4, 0.5) is 0 Å². The molecule has 1 fully saturated rings. The standard InChI is InChI=1S/C12H24O/c1-4-7-10-9-13-12(6-3)11(10)8-5-2/h10-12H,4-9H2,1-3H3. The van der Waals surface area contributed by atoms with Crippen molar-refractivity contribution in [2.75, 3.05) is 6.61 Å². The minimum atomic E-state index is 0.566. The van der Waals surface area contributed by atoms with Gasteiger partial charge in [-0.2, -0.15) is 0 Å². The quantitative estimate of drug-likeness (QED) is 0.634. The van der Waals surface area contributed by atoms with Crippen molar-refractivity contribution in [1.29, 1.82) is 0 Å². The molecule has 0 aromatic heterocycles. The van der Waals surface area contributed by atoms with Crippen molar-refractivity contribution < 1.29 is 4.74 Å². The summed E-state index contributed by atoms with van der Waals surface area (Å²) in [6.45, 7) is 7.84. The van der Waals surface area contributed by atoms with Gasteiger partial charge in [-0.1, -0.05) is 33.6 Å². The zero-order valence-corrected chi connectivity index (χ0v) is 9.38. The molecule has 0 aliphatic carbocycles. The molecule has 0 aromatic rings. The first-order valence-electron chi connectivity index (χ1n) is 5.95. The summed E-state index contributed by atoms with van der Waals surface area (Å²) in [5.74, 6) is 1.71. The molecule has 0 saturated carbocycles. The Morgan fingerprint density at radius 1 is 1.08 bits per heavy atom. The number of hydrogen-bond acceptors (Lipinski definition) is 1. The normalized spacial score (nSPS) is 33.9. The zero-order chi connectivity index (χ0) is 9.68. The van der Waals surface area contributed by atoms with Crippen molar-refractivity contribution in [2.24, 2.45) is 11.8 Å². The minimum Gasteiger partial charge on any atom is -0.378 e. The molecule has 1 aliphatic rings. The molecule has 0 bridgehead atoms. The number of hydrogen-bond donors (Lipinski definition) is 0. The Labute approximate surface area is 82.9 Å². The summed E-state index contributed by atoms with van der Waals surface area (Å²) in [7, 11) is 0. The first-order valence-corrected chi connectivity index (χ1v) is 5.95. The molecule has 3 unspecified atom stereocenters. The number of ether oxygens (including phenoxy) is 1. The maximum Gasteiger partial charge on any atom is 0.0604 e. The van der Waals surface area contributed by atoms with Crippen LogP contribution in [0.15, 0.2) is 0 Å². The summed E-state index contributed by atoms with van der Waals surface area (Å²) >= 11 is 0. The lowest BCUT2D eigenvalue weighted by Gasteiger charge is -2.21. The van der Waals surface area contributed by atoms with Crippen LogP contribution in [0.1, 0.15) is 52.9 Å². The fourth-order valence-electron chi connectivity index (χ4n) is 2.64. The lowest BCUT2D eigenvalue weighted by molar-refractivity contribution is 0.0850. The van der Waals surface area contributed by atoms with Crippen molar-refractivity contribution in [2.45, 2.75) is 59.0 Å². The second kappa shape index (κ2) is 5.64. The minimum absolute atomic E-state index is 0.566. The van der Waals surface area contributed by atoms with Gasteiger partial charge < -0.3 is 4.74 Å². The molecule has 0 radical (unpaired) electrons. The molecule has 3 atom stereocenters. The highest BCUT2D eigenvalue weighted by Crippen LogP contribution is 2.35. The van der Waals surface area contributed by atoms with Gasteiger partial charge in [0.1, 0.15) is 0 Å². The van der Waals surface area contributed by atoms with E-state index in [1.807, 2.05) is 0 Å². The van der Waals surface area contributed by atoms with Gasteiger partial charge in [-0.15, -0.1) is 0 Å². The Kier molecular flexibility index (Phi) is 4.79. The zero-order valence-electron chi connectivity index (χ0n) is 9.38. The van der Waals surface area contributed by atoms with Crippen molar-refractivity contribution in [1.82, 2.24) is 0 Å². The van der Waals surface area contributed by atoms with E-state index in [9.17, 15) is 0 Å². The van der Waals surface area contributed by atoms with Crippen LogP contribution in [0.25, 0.3) is 0 Å². The van der Waals surface area contributed by atoms with Gasteiger partial charge in [0.2, 0.25) is 0 Å². The van der Waals surface area contributed by atoms with Gasteiger partial charge in [0.05, 0.1) is 12.7 Å². The van der Waals surface area contributed by atoms with Crippen molar-refractivity contribution >= 4 is 0 Å². The van der Waals surface area contributed by atoms with E-state index >= 15 is 0 Å². The SMILES string of the molecule is CCCC1COC(CC)C1CCC. The van der Waals surface area contributed by atoms with Gasteiger partial charge in [-0.25, -0.2) is 0 Å². The van der Waals surface area contributed by atoms with E-state index in [2.05, 4.69) is 20.8 Å². The molecule has 0 amide bonds. The maximum atomic E-state index is 5.83. The summed E-state index contributed by atoms with van der Waals surface area (Å²) in [4.78, 5) is 0. The van der Waals surface area contributed by atoms with E-state index in [1.54, 1.807) is 0 Å². The third-order valence-electron chi connectivity index (χ3n) is 3.29. The van der Waals surface area contributed by atoms with Gasteiger partial charge >= 0.3 is 0 Å². The summed E-state index contributed by atoms with van der Waals surface area (Å²) in [6, 6.07) is 0. The Hall–Kier alpha value is -0.0400. The molecule has 13 heavy (non-hydrogen) atoms. The topological polar surface area (TPSA) is 9.23 Å². The summed E-state index contributed by atoms with van der Waals surface area (Å²) in [5, 5.41) is 0. The van der Waals surface area contributed by atoms with Crippen LogP contribution in [0.3, 0.4) is 0 Å². The molecule has 1 rings (SSSR count). The summed E-state index contributed by atoms with van der Waals surface area (Å²) in [6.07, 6.45) is 7.11. The van der Waals surface area contributed by atoms with Gasteiger partial charge in [-0.3, -0.25) is 0 Å².